The van der Waals surface area contributed by atoms with Crippen LogP contribution in [0, 0.1) is 11.5 Å². The molecular formula is C22H27N3O3. The van der Waals surface area contributed by atoms with E-state index in [0.29, 0.717) is 6.61 Å². The van der Waals surface area contributed by atoms with Gasteiger partial charge in [-0.05, 0) is 22.8 Å². The number of unbranched alkanes of at least 4 members (excludes halogenated alkanes) is 3. The summed E-state index contributed by atoms with van der Waals surface area (Å²) in [5.74, 6) is -0.474. The van der Waals surface area contributed by atoms with Gasteiger partial charge in [0, 0.05) is 13.5 Å². The normalized spacial score (nSPS) is 11.5. The summed E-state index contributed by atoms with van der Waals surface area (Å²) < 4.78 is 5.19. The summed E-state index contributed by atoms with van der Waals surface area (Å²) in [5.41, 5.74) is 0.895. The van der Waals surface area contributed by atoms with Gasteiger partial charge in [0.25, 0.3) is 5.91 Å². The van der Waals surface area contributed by atoms with Crippen molar-refractivity contribution in [1.29, 1.82) is 5.26 Å². The molecule has 0 saturated heterocycles. The van der Waals surface area contributed by atoms with Gasteiger partial charge < -0.3 is 10.1 Å². The van der Waals surface area contributed by atoms with E-state index in [4.69, 9.17) is 10.00 Å². The number of alkyl carbamates (subject to hydrolysis) is 1. The maximum atomic E-state index is 12.5. The SMILES string of the molecule is CCCCCCOC(=O)NC(Cc1ccc2ccccc2c1)C(=O)N(C)C#N. The van der Waals surface area contributed by atoms with Crippen molar-refractivity contribution in [2.45, 2.75) is 45.1 Å². The van der Waals surface area contributed by atoms with Crippen LogP contribution in [0.25, 0.3) is 10.8 Å². The average molecular weight is 381 g/mol. The highest BCUT2D eigenvalue weighted by Crippen LogP contribution is 2.17. The van der Waals surface area contributed by atoms with Gasteiger partial charge in [-0.3, -0.25) is 9.69 Å². The van der Waals surface area contributed by atoms with Gasteiger partial charge in [-0.2, -0.15) is 5.26 Å². The van der Waals surface area contributed by atoms with Crippen LogP contribution in [0.15, 0.2) is 42.5 Å². The summed E-state index contributed by atoms with van der Waals surface area (Å²) in [6, 6.07) is 12.9. The van der Waals surface area contributed by atoms with E-state index >= 15 is 0 Å². The topological polar surface area (TPSA) is 82.4 Å². The molecule has 6 nitrogen and oxygen atoms in total. The van der Waals surface area contributed by atoms with E-state index in [-0.39, 0.29) is 6.42 Å². The summed E-state index contributed by atoms with van der Waals surface area (Å²) in [5, 5.41) is 13.8. The first-order chi connectivity index (χ1) is 13.5. The number of amides is 2. The molecule has 2 aromatic carbocycles. The maximum Gasteiger partial charge on any atom is 0.407 e. The Morgan fingerprint density at radius 1 is 1.14 bits per heavy atom. The second-order valence-electron chi connectivity index (χ2n) is 6.78. The van der Waals surface area contributed by atoms with Crippen LogP contribution in [0.1, 0.15) is 38.2 Å². The van der Waals surface area contributed by atoms with Gasteiger partial charge in [-0.15, -0.1) is 0 Å². The van der Waals surface area contributed by atoms with Crippen molar-refractivity contribution >= 4 is 22.8 Å². The van der Waals surface area contributed by atoms with Crippen LogP contribution in [0.5, 0.6) is 0 Å². The molecule has 1 N–H and O–H groups in total. The Hall–Kier alpha value is -3.07. The molecule has 1 atom stereocenters. The molecule has 1 unspecified atom stereocenters. The molecule has 2 amide bonds. The third-order valence-electron chi connectivity index (χ3n) is 4.56. The van der Waals surface area contributed by atoms with Gasteiger partial charge in [-0.25, -0.2) is 4.79 Å². The Labute approximate surface area is 166 Å². The van der Waals surface area contributed by atoms with Crippen LogP contribution in [0.4, 0.5) is 4.79 Å². The zero-order valence-corrected chi connectivity index (χ0v) is 16.5. The minimum Gasteiger partial charge on any atom is -0.450 e. The van der Waals surface area contributed by atoms with E-state index in [1.807, 2.05) is 42.5 Å². The zero-order chi connectivity index (χ0) is 20.4. The van der Waals surface area contributed by atoms with E-state index in [0.717, 1.165) is 46.9 Å². The molecule has 0 aliphatic rings. The quantitative estimate of drug-likeness (QED) is 0.404. The third-order valence-corrected chi connectivity index (χ3v) is 4.56. The molecule has 0 spiro atoms. The highest BCUT2D eigenvalue weighted by Gasteiger charge is 2.25. The van der Waals surface area contributed by atoms with E-state index in [2.05, 4.69) is 12.2 Å². The summed E-state index contributed by atoms with van der Waals surface area (Å²) in [6.07, 6.45) is 5.43. The zero-order valence-electron chi connectivity index (χ0n) is 16.5. The van der Waals surface area contributed by atoms with Crippen LogP contribution in [0.3, 0.4) is 0 Å². The lowest BCUT2D eigenvalue weighted by Crippen LogP contribution is -2.47. The minimum atomic E-state index is -0.867. The van der Waals surface area contributed by atoms with Crippen molar-refractivity contribution in [3.63, 3.8) is 0 Å². The first-order valence-corrected chi connectivity index (χ1v) is 9.63. The largest absolute Gasteiger partial charge is 0.450 e. The average Bonchev–Trinajstić information content (AvgIpc) is 2.71. The molecule has 0 fully saturated rings. The lowest BCUT2D eigenvalue weighted by Gasteiger charge is -2.20. The number of fused-ring (bicyclic) bond motifs is 1. The van der Waals surface area contributed by atoms with Gasteiger partial charge in [0.05, 0.1) is 6.61 Å². The van der Waals surface area contributed by atoms with Crippen LogP contribution < -0.4 is 5.32 Å². The number of benzene rings is 2. The fourth-order valence-electron chi connectivity index (χ4n) is 2.96. The van der Waals surface area contributed by atoms with Gasteiger partial charge >= 0.3 is 6.09 Å². The van der Waals surface area contributed by atoms with Crippen molar-refractivity contribution < 1.29 is 14.3 Å². The van der Waals surface area contributed by atoms with Crippen LogP contribution in [-0.4, -0.2) is 36.6 Å². The van der Waals surface area contributed by atoms with Gasteiger partial charge in [0.1, 0.15) is 6.04 Å². The van der Waals surface area contributed by atoms with Crippen LogP contribution in [-0.2, 0) is 16.0 Å². The Morgan fingerprint density at radius 2 is 1.89 bits per heavy atom. The number of hydrogen-bond acceptors (Lipinski definition) is 4. The Balaban J connectivity index is 2.05. The fraction of sp³-hybridized carbons (Fsp3) is 0.409. The number of carbonyl (C=O) groups is 2. The lowest BCUT2D eigenvalue weighted by molar-refractivity contribution is -0.129. The van der Waals surface area contributed by atoms with E-state index in [9.17, 15) is 9.59 Å². The lowest BCUT2D eigenvalue weighted by atomic mass is 10.0. The molecule has 0 saturated carbocycles. The monoisotopic (exact) mass is 381 g/mol. The van der Waals surface area contributed by atoms with Crippen LogP contribution >= 0.6 is 0 Å². The first kappa shape index (κ1) is 21.2. The molecule has 0 radical (unpaired) electrons. The molecule has 0 bridgehead atoms. The maximum absolute atomic E-state index is 12.5. The number of nitriles is 1. The predicted octanol–water partition coefficient (Wildman–Crippen LogP) is 4.00. The number of carbonyl (C=O) groups excluding carboxylic acids is 2. The molecule has 0 aliphatic carbocycles. The van der Waals surface area contributed by atoms with Crippen molar-refractivity contribution in [1.82, 2.24) is 10.2 Å². The molecule has 0 heterocycles. The molecule has 148 valence electrons. The first-order valence-electron chi connectivity index (χ1n) is 9.63. The molecule has 2 aromatic rings. The summed E-state index contributed by atoms with van der Waals surface area (Å²) in [4.78, 5) is 25.6. The van der Waals surface area contributed by atoms with Crippen molar-refractivity contribution in [3.8, 4) is 6.19 Å². The summed E-state index contributed by atoms with van der Waals surface area (Å²) in [7, 11) is 1.38. The molecule has 6 heteroatoms. The number of rotatable bonds is 9. The number of ether oxygens (including phenoxy) is 1. The van der Waals surface area contributed by atoms with Gasteiger partial charge in [0.2, 0.25) is 0 Å². The Morgan fingerprint density at radius 3 is 2.61 bits per heavy atom. The Kier molecular flexibility index (Phi) is 8.29. The number of nitrogens with zero attached hydrogens (tertiary/aromatic N) is 2. The smallest absolute Gasteiger partial charge is 0.407 e. The Bertz CT molecular complexity index is 844. The minimum absolute atomic E-state index is 0.278. The highest BCUT2D eigenvalue weighted by atomic mass is 16.5. The summed E-state index contributed by atoms with van der Waals surface area (Å²) >= 11 is 0. The van der Waals surface area contributed by atoms with Gasteiger partial charge in [-0.1, -0.05) is 68.7 Å². The second-order valence-corrected chi connectivity index (χ2v) is 6.78. The molecule has 2 rings (SSSR count). The van der Waals surface area contributed by atoms with Gasteiger partial charge in [0.15, 0.2) is 6.19 Å². The number of nitrogens with one attached hydrogen (secondary N) is 1. The standard InChI is InChI=1S/C22H27N3O3/c1-3-4-5-8-13-28-22(27)24-20(21(26)25(2)16-23)15-17-11-12-18-9-6-7-10-19(18)14-17/h6-7,9-12,14,20H,3-5,8,13,15H2,1-2H3,(H,24,27). The van der Waals surface area contributed by atoms with Crippen LogP contribution in [0.2, 0.25) is 0 Å². The summed E-state index contributed by atoms with van der Waals surface area (Å²) in [6.45, 7) is 2.43. The van der Waals surface area contributed by atoms with E-state index in [1.54, 1.807) is 6.19 Å². The number of likely N-dealkylation sites (N-methyl/N-ethyl adjacent to an activating group) is 1. The molecule has 28 heavy (non-hydrogen) atoms. The number of hydrogen-bond donors (Lipinski definition) is 1. The molecule has 0 aromatic heterocycles. The van der Waals surface area contributed by atoms with Crippen molar-refractivity contribution in [3.05, 3.63) is 48.0 Å². The fourth-order valence-corrected chi connectivity index (χ4v) is 2.96. The molecule has 0 aliphatic heterocycles. The van der Waals surface area contributed by atoms with Crippen molar-refractivity contribution in [2.24, 2.45) is 0 Å². The predicted molar refractivity (Wildman–Crippen MR) is 108 cm³/mol. The highest BCUT2D eigenvalue weighted by molar-refractivity contribution is 5.87. The van der Waals surface area contributed by atoms with E-state index in [1.165, 1.54) is 7.05 Å². The second kappa shape index (κ2) is 10.9. The van der Waals surface area contributed by atoms with Crippen molar-refractivity contribution in [2.75, 3.05) is 13.7 Å². The van der Waals surface area contributed by atoms with E-state index < -0.39 is 18.0 Å². The third kappa shape index (κ3) is 6.27. The molecular weight excluding hydrogens is 354 g/mol.